The molecule has 12 nitrogen and oxygen atoms in total. The number of ether oxygens (including phenoxy) is 6. The van der Waals surface area contributed by atoms with E-state index in [1.807, 2.05) is 6.92 Å². The zero-order valence-corrected chi connectivity index (χ0v) is 27.3. The van der Waals surface area contributed by atoms with Crippen LogP contribution in [0.5, 0.6) is 0 Å². The summed E-state index contributed by atoms with van der Waals surface area (Å²) in [6.45, 7) is 4.68. The number of methoxy groups -OCH3 is 4. The molecule has 6 fully saturated rings. The minimum absolute atomic E-state index is 0.0791. The Bertz CT molecular complexity index is 1360. The van der Waals surface area contributed by atoms with Gasteiger partial charge in [0.1, 0.15) is 23.9 Å². The van der Waals surface area contributed by atoms with Crippen molar-refractivity contribution in [3.63, 3.8) is 0 Å². The van der Waals surface area contributed by atoms with Gasteiger partial charge in [-0.3, -0.25) is 9.69 Å². The molecule has 15 atom stereocenters. The van der Waals surface area contributed by atoms with Crippen LogP contribution in [-0.2, 0) is 33.2 Å². The minimum atomic E-state index is -1.83. The second kappa shape index (κ2) is 10.9. The summed E-state index contributed by atoms with van der Waals surface area (Å²) >= 11 is 0. The van der Waals surface area contributed by atoms with Gasteiger partial charge in [0, 0.05) is 83.0 Å². The molecule has 1 spiro atoms. The first-order valence-electron chi connectivity index (χ1n) is 16.3. The van der Waals surface area contributed by atoms with E-state index in [0.717, 1.165) is 0 Å². The predicted molar refractivity (Wildman–Crippen MR) is 160 cm³/mol. The van der Waals surface area contributed by atoms with Crippen molar-refractivity contribution in [3.8, 4) is 0 Å². The highest BCUT2D eigenvalue weighted by molar-refractivity contribution is 5.89. The molecule has 46 heavy (non-hydrogen) atoms. The number of likely N-dealkylation sites (tertiary alicyclic amines) is 1. The number of carbonyl (C=O) groups excluding carboxylic acids is 2. The molecule has 5 saturated carbocycles. The third-order valence-corrected chi connectivity index (χ3v) is 13.2. The number of hydrogen-bond acceptors (Lipinski definition) is 12. The Labute approximate surface area is 269 Å². The molecule has 7 rings (SSSR count). The number of aliphatic hydroxyl groups is 3. The van der Waals surface area contributed by atoms with Crippen molar-refractivity contribution in [1.29, 1.82) is 0 Å². The van der Waals surface area contributed by atoms with Crippen molar-refractivity contribution in [2.75, 3.05) is 48.1 Å². The highest BCUT2D eigenvalue weighted by Gasteiger charge is 2.92. The molecule has 1 aliphatic heterocycles. The van der Waals surface area contributed by atoms with E-state index in [2.05, 4.69) is 4.90 Å². The maximum Gasteiger partial charge on any atom is 0.338 e. The van der Waals surface area contributed by atoms with Gasteiger partial charge in [0.2, 0.25) is 0 Å². The number of benzene rings is 1. The number of piperidine rings is 1. The van der Waals surface area contributed by atoms with Crippen LogP contribution in [0.4, 0.5) is 0 Å². The zero-order valence-electron chi connectivity index (χ0n) is 27.3. The Morgan fingerprint density at radius 3 is 2.30 bits per heavy atom. The van der Waals surface area contributed by atoms with Crippen LogP contribution in [0.3, 0.4) is 0 Å². The summed E-state index contributed by atoms with van der Waals surface area (Å²) in [5.74, 6) is -3.65. The summed E-state index contributed by atoms with van der Waals surface area (Å²) in [4.78, 5) is 29.3. The van der Waals surface area contributed by atoms with Crippen LogP contribution >= 0.6 is 0 Å². The third-order valence-electron chi connectivity index (χ3n) is 13.2. The summed E-state index contributed by atoms with van der Waals surface area (Å²) in [5.41, 5.74) is -4.79. The molecular weight excluding hydrogens is 598 g/mol. The number of hydrogen-bond donors (Lipinski definition) is 3. The number of esters is 2. The zero-order chi connectivity index (χ0) is 33.0. The predicted octanol–water partition coefficient (Wildman–Crippen LogP) is 0.648. The van der Waals surface area contributed by atoms with Crippen LogP contribution < -0.4 is 0 Å². The van der Waals surface area contributed by atoms with E-state index >= 15 is 0 Å². The molecule has 0 radical (unpaired) electrons. The van der Waals surface area contributed by atoms with Crippen molar-refractivity contribution in [3.05, 3.63) is 35.9 Å². The maximum atomic E-state index is 13.8. The SMILES string of the molecule is CCN1C[C@@]2(COC)C3C(OC)[C@H]4[C@@H]1[C@]3(C(OC)C[C@H]2O)C1C[C@@]2(O)C(OC(=O)c3ccccc3)C1[C@]4(OC(C)=O)[C@@H](O)[C@@H]2OC. The topological polar surface area (TPSA) is 153 Å². The lowest BCUT2D eigenvalue weighted by Crippen LogP contribution is -2.81. The van der Waals surface area contributed by atoms with Gasteiger partial charge in [0.15, 0.2) is 5.60 Å². The monoisotopic (exact) mass is 645 g/mol. The molecule has 1 saturated heterocycles. The standard InChI is InChI=1S/C34H47NO11/c1-7-35-15-31(16-41-3)20(37)13-21(42-4)33-19-14-32(40)28(45-30(39)18-11-9-8-10-12-18)22(19)34(46-17(2)36,27(38)29(32)44-6)23(26(33)35)24(43-5)25(31)33/h8-12,19-29,37-38,40H,7,13-16H2,1-6H3/t19?,20-,21?,22?,23+,24?,25?,26-,27+,28?,29+,31+,32-,33+,34-/m1/s1. The highest BCUT2D eigenvalue weighted by Crippen LogP contribution is 2.80. The maximum absolute atomic E-state index is 13.8. The van der Waals surface area contributed by atoms with Crippen LogP contribution in [0.1, 0.15) is 37.0 Å². The Morgan fingerprint density at radius 1 is 1.00 bits per heavy atom. The van der Waals surface area contributed by atoms with Crippen LogP contribution in [0.25, 0.3) is 0 Å². The molecule has 3 N–H and O–H groups in total. The lowest BCUT2D eigenvalue weighted by Gasteiger charge is -2.70. The second-order valence-electron chi connectivity index (χ2n) is 14.4. The number of aliphatic hydroxyl groups excluding tert-OH is 2. The van der Waals surface area contributed by atoms with Gasteiger partial charge in [-0.15, -0.1) is 0 Å². The Morgan fingerprint density at radius 2 is 1.72 bits per heavy atom. The van der Waals surface area contributed by atoms with E-state index in [0.29, 0.717) is 25.1 Å². The Balaban J connectivity index is 1.53. The highest BCUT2D eigenvalue weighted by atomic mass is 16.6. The fourth-order valence-corrected chi connectivity index (χ4v) is 12.3. The number of nitrogens with zero attached hydrogens (tertiary/aromatic N) is 1. The summed E-state index contributed by atoms with van der Waals surface area (Å²) in [7, 11) is 6.27. The van der Waals surface area contributed by atoms with Gasteiger partial charge in [0.25, 0.3) is 0 Å². The number of fused-ring (bicyclic) bond motifs is 2. The third kappa shape index (κ3) is 3.62. The molecular formula is C34H47NO11. The molecule has 254 valence electrons. The largest absolute Gasteiger partial charge is 0.455 e. The molecule has 0 amide bonds. The minimum Gasteiger partial charge on any atom is -0.455 e. The first-order chi connectivity index (χ1) is 22.0. The lowest BCUT2D eigenvalue weighted by atomic mass is 9.42. The van der Waals surface area contributed by atoms with Gasteiger partial charge < -0.3 is 43.7 Å². The van der Waals surface area contributed by atoms with Crippen molar-refractivity contribution < 1.29 is 53.3 Å². The van der Waals surface area contributed by atoms with Crippen molar-refractivity contribution in [2.45, 2.75) is 80.6 Å². The summed E-state index contributed by atoms with van der Waals surface area (Å²) in [6, 6.07) is 8.18. The van der Waals surface area contributed by atoms with Crippen LogP contribution in [0.15, 0.2) is 30.3 Å². The van der Waals surface area contributed by atoms with Gasteiger partial charge in [-0.1, -0.05) is 25.1 Å². The summed E-state index contributed by atoms with van der Waals surface area (Å²) in [5, 5.41) is 37.3. The van der Waals surface area contributed by atoms with Gasteiger partial charge in [-0.25, -0.2) is 4.79 Å². The average Bonchev–Trinajstić information content (AvgIpc) is 3.41. The van der Waals surface area contributed by atoms with E-state index in [4.69, 9.17) is 28.4 Å². The molecule has 0 aromatic heterocycles. The molecule has 1 aromatic carbocycles. The van der Waals surface area contributed by atoms with E-state index in [-0.39, 0.29) is 25.0 Å². The van der Waals surface area contributed by atoms with Gasteiger partial charge in [-0.2, -0.15) is 0 Å². The van der Waals surface area contributed by atoms with Gasteiger partial charge in [0.05, 0.1) is 30.5 Å². The van der Waals surface area contributed by atoms with E-state index in [9.17, 15) is 24.9 Å². The first kappa shape index (κ1) is 32.4. The van der Waals surface area contributed by atoms with Crippen LogP contribution in [0, 0.1) is 34.5 Å². The van der Waals surface area contributed by atoms with Gasteiger partial charge >= 0.3 is 11.9 Å². The van der Waals surface area contributed by atoms with Crippen molar-refractivity contribution in [1.82, 2.24) is 4.90 Å². The first-order valence-corrected chi connectivity index (χ1v) is 16.3. The smallest absolute Gasteiger partial charge is 0.338 e. The van der Waals surface area contributed by atoms with Crippen molar-refractivity contribution >= 4 is 11.9 Å². The Kier molecular flexibility index (Phi) is 7.69. The summed E-state index contributed by atoms with van der Waals surface area (Å²) in [6.07, 6.45) is -5.49. The fourth-order valence-electron chi connectivity index (χ4n) is 12.3. The molecule has 6 unspecified atom stereocenters. The normalized spacial score (nSPS) is 49.9. The quantitative estimate of drug-likeness (QED) is 0.323. The average molecular weight is 646 g/mol. The summed E-state index contributed by atoms with van der Waals surface area (Å²) < 4.78 is 37.4. The van der Waals surface area contributed by atoms with E-state index in [1.165, 1.54) is 14.0 Å². The van der Waals surface area contributed by atoms with Crippen molar-refractivity contribution in [2.24, 2.45) is 34.5 Å². The van der Waals surface area contributed by atoms with Gasteiger partial charge in [-0.05, 0) is 31.0 Å². The molecule has 6 aliphatic rings. The van der Waals surface area contributed by atoms with E-state index < -0.39 is 88.3 Å². The van der Waals surface area contributed by atoms with Crippen LogP contribution in [0.2, 0.25) is 0 Å². The molecule has 12 heteroatoms. The molecule has 1 aromatic rings. The Hall–Kier alpha value is -2.16. The molecule has 5 aliphatic carbocycles. The van der Waals surface area contributed by atoms with Crippen LogP contribution in [-0.4, -0.2) is 134 Å². The molecule has 1 heterocycles. The number of rotatable bonds is 9. The lowest BCUT2D eigenvalue weighted by molar-refractivity contribution is -0.322. The second-order valence-corrected chi connectivity index (χ2v) is 14.4. The molecule has 7 bridgehead atoms. The number of carbonyl (C=O) groups is 2. The van der Waals surface area contributed by atoms with E-state index in [1.54, 1.807) is 51.7 Å². The fraction of sp³-hybridized carbons (Fsp3) is 0.765.